The van der Waals surface area contributed by atoms with Gasteiger partial charge in [0.1, 0.15) is 0 Å². The third kappa shape index (κ3) is 4.60. The fourth-order valence-electron chi connectivity index (χ4n) is 3.38. The summed E-state index contributed by atoms with van der Waals surface area (Å²) >= 11 is 1.15. The highest BCUT2D eigenvalue weighted by Gasteiger charge is 2.20. The van der Waals surface area contributed by atoms with Gasteiger partial charge in [-0.05, 0) is 48.2 Å². The highest BCUT2D eigenvalue weighted by Crippen LogP contribution is 2.34. The molecule has 10 heteroatoms. The zero-order chi connectivity index (χ0) is 20.9. The number of carbonyl (C=O) groups is 1. The number of aromatic nitrogens is 4. The van der Waals surface area contributed by atoms with E-state index in [4.69, 9.17) is 0 Å². The van der Waals surface area contributed by atoms with E-state index < -0.39 is 10.8 Å². The SMILES string of the molecule is O=C(Nc1ncc(C2CCCC2)cn1)c1cc([N+](=O)[O-])ccc1Sc1ncccn1. The Morgan fingerprint density at radius 3 is 2.47 bits per heavy atom. The van der Waals surface area contributed by atoms with Crippen molar-refractivity contribution in [3.05, 3.63) is 70.3 Å². The Labute approximate surface area is 176 Å². The lowest BCUT2D eigenvalue weighted by Crippen LogP contribution is -2.15. The summed E-state index contributed by atoms with van der Waals surface area (Å²) in [6.07, 6.45) is 11.3. The van der Waals surface area contributed by atoms with E-state index in [1.165, 1.54) is 31.0 Å². The number of nitrogens with one attached hydrogen (secondary N) is 1. The minimum absolute atomic E-state index is 0.130. The van der Waals surface area contributed by atoms with Gasteiger partial charge in [0.05, 0.1) is 10.5 Å². The third-order valence-corrected chi connectivity index (χ3v) is 5.85. The van der Waals surface area contributed by atoms with Crippen LogP contribution in [0, 0.1) is 10.1 Å². The van der Waals surface area contributed by atoms with Crippen molar-refractivity contribution in [1.82, 2.24) is 19.9 Å². The predicted octanol–water partition coefficient (Wildman–Crippen LogP) is 4.24. The molecule has 9 nitrogen and oxygen atoms in total. The molecule has 152 valence electrons. The van der Waals surface area contributed by atoms with Gasteiger partial charge in [0, 0.05) is 41.8 Å². The molecule has 0 radical (unpaired) electrons. The van der Waals surface area contributed by atoms with Crippen molar-refractivity contribution < 1.29 is 9.72 Å². The van der Waals surface area contributed by atoms with Gasteiger partial charge in [-0.1, -0.05) is 12.8 Å². The lowest BCUT2D eigenvalue weighted by atomic mass is 10.0. The maximum Gasteiger partial charge on any atom is 0.270 e. The first kappa shape index (κ1) is 19.9. The van der Waals surface area contributed by atoms with E-state index in [0.717, 1.165) is 30.2 Å². The Morgan fingerprint density at radius 2 is 1.80 bits per heavy atom. The lowest BCUT2D eigenvalue weighted by Gasteiger charge is -2.10. The van der Waals surface area contributed by atoms with Gasteiger partial charge in [-0.2, -0.15) is 0 Å². The van der Waals surface area contributed by atoms with Crippen molar-refractivity contribution in [2.75, 3.05) is 5.32 Å². The molecule has 1 aliphatic rings. The van der Waals surface area contributed by atoms with Crippen LogP contribution in [0.25, 0.3) is 0 Å². The maximum atomic E-state index is 12.9. The number of benzene rings is 1. The average molecular weight is 422 g/mol. The Bertz CT molecular complexity index is 1060. The molecule has 0 saturated heterocycles. The summed E-state index contributed by atoms with van der Waals surface area (Å²) in [4.78, 5) is 40.8. The molecule has 1 aliphatic carbocycles. The van der Waals surface area contributed by atoms with Gasteiger partial charge in [0.2, 0.25) is 5.95 Å². The number of hydrogen-bond acceptors (Lipinski definition) is 8. The molecular formula is C20H18N6O3S. The van der Waals surface area contributed by atoms with Crippen LogP contribution in [0.5, 0.6) is 0 Å². The van der Waals surface area contributed by atoms with Crippen LogP contribution in [0.1, 0.15) is 47.5 Å². The second-order valence-electron chi connectivity index (χ2n) is 6.85. The van der Waals surface area contributed by atoms with Crippen molar-refractivity contribution in [2.45, 2.75) is 41.7 Å². The molecule has 30 heavy (non-hydrogen) atoms. The van der Waals surface area contributed by atoms with Crippen LogP contribution in [0.2, 0.25) is 0 Å². The topological polar surface area (TPSA) is 124 Å². The first-order valence-electron chi connectivity index (χ1n) is 9.47. The monoisotopic (exact) mass is 422 g/mol. The number of hydrogen-bond donors (Lipinski definition) is 1. The normalized spacial score (nSPS) is 13.9. The highest BCUT2D eigenvalue weighted by molar-refractivity contribution is 7.99. The molecule has 4 rings (SSSR count). The molecule has 1 fully saturated rings. The summed E-state index contributed by atoms with van der Waals surface area (Å²) in [5, 5.41) is 14.2. The van der Waals surface area contributed by atoms with Gasteiger partial charge in [-0.3, -0.25) is 20.2 Å². The van der Waals surface area contributed by atoms with Crippen molar-refractivity contribution in [2.24, 2.45) is 0 Å². The molecule has 0 spiro atoms. The van der Waals surface area contributed by atoms with Crippen LogP contribution in [0.15, 0.2) is 59.1 Å². The highest BCUT2D eigenvalue weighted by atomic mass is 32.2. The lowest BCUT2D eigenvalue weighted by molar-refractivity contribution is -0.384. The van der Waals surface area contributed by atoms with E-state index in [2.05, 4.69) is 25.3 Å². The molecule has 1 aromatic carbocycles. The number of anilines is 1. The Morgan fingerprint density at radius 1 is 1.10 bits per heavy atom. The third-order valence-electron chi connectivity index (χ3n) is 4.89. The molecule has 2 heterocycles. The molecule has 0 atom stereocenters. The number of nitro groups is 1. The minimum Gasteiger partial charge on any atom is -0.290 e. The predicted molar refractivity (Wildman–Crippen MR) is 110 cm³/mol. The van der Waals surface area contributed by atoms with E-state index in [9.17, 15) is 14.9 Å². The first-order chi connectivity index (χ1) is 14.6. The molecule has 1 saturated carbocycles. The van der Waals surface area contributed by atoms with Crippen LogP contribution in [-0.2, 0) is 0 Å². The first-order valence-corrected chi connectivity index (χ1v) is 10.3. The summed E-state index contributed by atoms with van der Waals surface area (Å²) in [5.74, 6) is 0.0892. The van der Waals surface area contributed by atoms with Crippen molar-refractivity contribution >= 4 is 29.3 Å². The Kier molecular flexibility index (Phi) is 5.94. The summed E-state index contributed by atoms with van der Waals surface area (Å²) in [5.41, 5.74) is 1.01. The van der Waals surface area contributed by atoms with E-state index in [-0.39, 0.29) is 17.2 Å². The zero-order valence-electron chi connectivity index (χ0n) is 15.9. The van der Waals surface area contributed by atoms with Crippen LogP contribution in [0.3, 0.4) is 0 Å². The second kappa shape index (κ2) is 8.95. The van der Waals surface area contributed by atoms with Crippen LogP contribution < -0.4 is 5.32 Å². The molecular weight excluding hydrogens is 404 g/mol. The number of carbonyl (C=O) groups excluding carboxylic acids is 1. The smallest absolute Gasteiger partial charge is 0.270 e. The fraction of sp³-hybridized carbons (Fsp3) is 0.250. The number of nitro benzene ring substituents is 1. The molecule has 0 aliphatic heterocycles. The molecule has 0 bridgehead atoms. The molecule has 1 amide bonds. The summed E-state index contributed by atoms with van der Waals surface area (Å²) in [7, 11) is 0. The summed E-state index contributed by atoms with van der Waals surface area (Å²) in [6, 6.07) is 5.76. The Hall–Kier alpha value is -3.40. The van der Waals surface area contributed by atoms with E-state index in [0.29, 0.717) is 16.0 Å². The quantitative estimate of drug-likeness (QED) is 0.355. The summed E-state index contributed by atoms with van der Waals surface area (Å²) in [6.45, 7) is 0. The molecule has 2 aromatic heterocycles. The number of amides is 1. The number of rotatable bonds is 6. The van der Waals surface area contributed by atoms with E-state index >= 15 is 0 Å². The average Bonchev–Trinajstić information content (AvgIpc) is 3.30. The number of non-ortho nitro benzene ring substituents is 1. The van der Waals surface area contributed by atoms with Gasteiger partial charge in [0.25, 0.3) is 11.6 Å². The van der Waals surface area contributed by atoms with Gasteiger partial charge < -0.3 is 0 Å². The molecule has 3 aromatic rings. The van der Waals surface area contributed by atoms with E-state index in [1.54, 1.807) is 30.9 Å². The van der Waals surface area contributed by atoms with Crippen molar-refractivity contribution in [1.29, 1.82) is 0 Å². The maximum absolute atomic E-state index is 12.9. The minimum atomic E-state index is -0.545. The van der Waals surface area contributed by atoms with Crippen molar-refractivity contribution in [3.8, 4) is 0 Å². The van der Waals surface area contributed by atoms with E-state index in [1.807, 2.05) is 0 Å². The fourth-order valence-corrected chi connectivity index (χ4v) is 4.20. The summed E-state index contributed by atoms with van der Waals surface area (Å²) < 4.78 is 0. The van der Waals surface area contributed by atoms with Crippen molar-refractivity contribution in [3.63, 3.8) is 0 Å². The van der Waals surface area contributed by atoms with Gasteiger partial charge >= 0.3 is 0 Å². The molecule has 1 N–H and O–H groups in total. The van der Waals surface area contributed by atoms with Crippen LogP contribution in [-0.4, -0.2) is 30.8 Å². The van der Waals surface area contributed by atoms with Gasteiger partial charge in [-0.25, -0.2) is 19.9 Å². The van der Waals surface area contributed by atoms with Gasteiger partial charge in [0.15, 0.2) is 5.16 Å². The van der Waals surface area contributed by atoms with Crippen LogP contribution >= 0.6 is 11.8 Å². The molecule has 0 unspecified atom stereocenters. The second-order valence-corrected chi connectivity index (χ2v) is 7.86. The number of nitrogens with zero attached hydrogens (tertiary/aromatic N) is 5. The van der Waals surface area contributed by atoms with Gasteiger partial charge in [-0.15, -0.1) is 0 Å². The van der Waals surface area contributed by atoms with Crippen LogP contribution in [0.4, 0.5) is 11.6 Å². The zero-order valence-corrected chi connectivity index (χ0v) is 16.7. The largest absolute Gasteiger partial charge is 0.290 e. The standard InChI is InChI=1S/C20H18N6O3S/c27-18(25-19-23-11-14(12-24-19)13-4-1-2-5-13)16-10-15(26(28)29)6-7-17(16)30-20-21-8-3-9-22-20/h3,6-13H,1-2,4-5H2,(H,23,24,25,27). The Balaban J connectivity index is 1.56.